The Morgan fingerprint density at radius 2 is 2.16 bits per heavy atom. The van der Waals surface area contributed by atoms with Gasteiger partial charge in [-0.15, -0.1) is 0 Å². The van der Waals surface area contributed by atoms with E-state index in [-0.39, 0.29) is 10.3 Å². The number of aliphatic hydroxyl groups excluding tert-OH is 1. The van der Waals surface area contributed by atoms with Crippen molar-refractivity contribution in [1.29, 1.82) is 0 Å². The number of halogens is 2. The van der Waals surface area contributed by atoms with Gasteiger partial charge in [0.2, 0.25) is 0 Å². The van der Waals surface area contributed by atoms with Crippen molar-refractivity contribution in [2.24, 2.45) is 0 Å². The Balaban J connectivity index is 1.97. The van der Waals surface area contributed by atoms with E-state index in [2.05, 4.69) is 13.8 Å². The van der Waals surface area contributed by atoms with Crippen LogP contribution in [-0.2, 0) is 6.42 Å². The summed E-state index contributed by atoms with van der Waals surface area (Å²) in [6.45, 7) is 4.43. The standard InChI is InChI=1S/C14H18ClFOS2/c1-8-9(2)19-14(7-18-8)13(17)6-10-3-4-12(16)11(15)5-10/h3-5,8-9,13-14,17H,6-7H2,1-2H3. The van der Waals surface area contributed by atoms with Crippen molar-refractivity contribution >= 4 is 35.1 Å². The van der Waals surface area contributed by atoms with Crippen molar-refractivity contribution < 1.29 is 9.50 Å². The lowest BCUT2D eigenvalue weighted by Gasteiger charge is -2.33. The minimum absolute atomic E-state index is 0.123. The molecule has 5 heteroatoms. The van der Waals surface area contributed by atoms with E-state index in [9.17, 15) is 9.50 Å². The third-order valence-electron chi connectivity index (χ3n) is 3.43. The molecule has 1 N–H and O–H groups in total. The average Bonchev–Trinajstić information content (AvgIpc) is 2.37. The Hall–Kier alpha value is 0.1000. The number of rotatable bonds is 3. The molecule has 1 nitrogen and oxygen atoms in total. The van der Waals surface area contributed by atoms with Gasteiger partial charge in [0.05, 0.1) is 11.1 Å². The Bertz CT molecular complexity index is 443. The lowest BCUT2D eigenvalue weighted by atomic mass is 10.1. The molecular weight excluding hydrogens is 303 g/mol. The quantitative estimate of drug-likeness (QED) is 0.908. The first-order valence-corrected chi connectivity index (χ1v) is 8.73. The first-order valence-electron chi connectivity index (χ1n) is 6.36. The monoisotopic (exact) mass is 320 g/mol. The van der Waals surface area contributed by atoms with E-state index in [0.29, 0.717) is 16.9 Å². The summed E-state index contributed by atoms with van der Waals surface area (Å²) in [5.41, 5.74) is 0.885. The second-order valence-corrected chi connectivity index (χ2v) is 8.38. The van der Waals surface area contributed by atoms with Crippen molar-refractivity contribution in [2.75, 3.05) is 5.75 Å². The van der Waals surface area contributed by atoms with Crippen LogP contribution in [-0.4, -0.2) is 32.7 Å². The van der Waals surface area contributed by atoms with Gasteiger partial charge in [0.1, 0.15) is 5.82 Å². The van der Waals surface area contributed by atoms with Crippen LogP contribution in [0.15, 0.2) is 18.2 Å². The van der Waals surface area contributed by atoms with Crippen molar-refractivity contribution in [3.8, 4) is 0 Å². The van der Waals surface area contributed by atoms with Gasteiger partial charge in [-0.1, -0.05) is 31.5 Å². The molecule has 4 atom stereocenters. The van der Waals surface area contributed by atoms with Gasteiger partial charge >= 0.3 is 0 Å². The van der Waals surface area contributed by atoms with Crippen molar-refractivity contribution in [3.05, 3.63) is 34.6 Å². The number of hydrogen-bond acceptors (Lipinski definition) is 3. The van der Waals surface area contributed by atoms with Gasteiger partial charge in [-0.2, -0.15) is 23.5 Å². The molecule has 1 aromatic rings. The molecule has 1 aliphatic heterocycles. The van der Waals surface area contributed by atoms with Gasteiger partial charge in [0, 0.05) is 21.5 Å². The lowest BCUT2D eigenvalue weighted by molar-refractivity contribution is 0.177. The summed E-state index contributed by atoms with van der Waals surface area (Å²) in [5, 5.41) is 11.9. The summed E-state index contributed by atoms with van der Waals surface area (Å²) < 4.78 is 13.1. The molecule has 0 bridgehead atoms. The third-order valence-corrected chi connectivity index (χ3v) is 7.26. The van der Waals surface area contributed by atoms with Crippen LogP contribution in [0.25, 0.3) is 0 Å². The predicted molar refractivity (Wildman–Crippen MR) is 83.9 cm³/mol. The highest BCUT2D eigenvalue weighted by Crippen LogP contribution is 2.37. The highest BCUT2D eigenvalue weighted by atomic mass is 35.5. The van der Waals surface area contributed by atoms with Crippen LogP contribution in [0, 0.1) is 5.82 Å². The van der Waals surface area contributed by atoms with Gasteiger partial charge in [-0.05, 0) is 24.1 Å². The molecule has 4 unspecified atom stereocenters. The summed E-state index contributed by atoms with van der Waals surface area (Å²) in [6.07, 6.45) is 0.119. The zero-order valence-electron chi connectivity index (χ0n) is 11.0. The maximum absolute atomic E-state index is 13.1. The molecule has 0 amide bonds. The molecule has 0 saturated carbocycles. The molecule has 2 rings (SSSR count). The fourth-order valence-electron chi connectivity index (χ4n) is 2.05. The Morgan fingerprint density at radius 3 is 2.79 bits per heavy atom. The first-order chi connectivity index (χ1) is 8.97. The maximum atomic E-state index is 13.1. The van der Waals surface area contributed by atoms with Gasteiger partial charge in [-0.3, -0.25) is 0 Å². The molecule has 0 spiro atoms. The zero-order chi connectivity index (χ0) is 14.0. The minimum atomic E-state index is -0.412. The molecule has 0 aromatic heterocycles. The fraction of sp³-hybridized carbons (Fsp3) is 0.571. The van der Waals surface area contributed by atoms with E-state index in [1.54, 1.807) is 12.1 Å². The number of benzene rings is 1. The summed E-state index contributed by atoms with van der Waals surface area (Å²) >= 11 is 9.52. The smallest absolute Gasteiger partial charge is 0.141 e. The molecular formula is C14H18ClFOS2. The fourth-order valence-corrected chi connectivity index (χ4v) is 5.27. The molecule has 1 heterocycles. The van der Waals surface area contributed by atoms with Crippen LogP contribution in [0.3, 0.4) is 0 Å². The highest BCUT2D eigenvalue weighted by molar-refractivity contribution is 8.07. The SMILES string of the molecule is CC1SCC(C(O)Cc2ccc(F)c(Cl)c2)SC1C. The number of aliphatic hydroxyl groups is 1. The van der Waals surface area contributed by atoms with E-state index in [4.69, 9.17) is 11.6 Å². The Labute approximate surface area is 127 Å². The third kappa shape index (κ3) is 4.03. The summed E-state index contributed by atoms with van der Waals surface area (Å²) in [4.78, 5) is 0. The minimum Gasteiger partial charge on any atom is -0.392 e. The lowest BCUT2D eigenvalue weighted by Crippen LogP contribution is -2.35. The molecule has 19 heavy (non-hydrogen) atoms. The van der Waals surface area contributed by atoms with E-state index in [0.717, 1.165) is 11.3 Å². The first kappa shape index (κ1) is 15.5. The van der Waals surface area contributed by atoms with Crippen molar-refractivity contribution in [3.63, 3.8) is 0 Å². The maximum Gasteiger partial charge on any atom is 0.141 e. The summed E-state index contributed by atoms with van der Waals surface area (Å²) in [5.74, 6) is 0.552. The average molecular weight is 321 g/mol. The zero-order valence-corrected chi connectivity index (χ0v) is 13.4. The van der Waals surface area contributed by atoms with Crippen LogP contribution in [0.1, 0.15) is 19.4 Å². The van der Waals surface area contributed by atoms with Crippen molar-refractivity contribution in [1.82, 2.24) is 0 Å². The van der Waals surface area contributed by atoms with Gasteiger partial charge in [-0.25, -0.2) is 4.39 Å². The van der Waals surface area contributed by atoms with E-state index in [1.807, 2.05) is 23.5 Å². The second kappa shape index (κ2) is 6.70. The Morgan fingerprint density at radius 1 is 1.42 bits per heavy atom. The molecule has 1 fully saturated rings. The van der Waals surface area contributed by atoms with Crippen LogP contribution in [0.5, 0.6) is 0 Å². The predicted octanol–water partition coefficient (Wildman–Crippen LogP) is 4.01. The topological polar surface area (TPSA) is 20.2 Å². The molecule has 1 aliphatic rings. The highest BCUT2D eigenvalue weighted by Gasteiger charge is 2.30. The van der Waals surface area contributed by atoms with Crippen LogP contribution in [0.4, 0.5) is 4.39 Å². The largest absolute Gasteiger partial charge is 0.392 e. The van der Waals surface area contributed by atoms with Crippen LogP contribution in [0.2, 0.25) is 5.02 Å². The summed E-state index contributed by atoms with van der Waals surface area (Å²) in [6, 6.07) is 4.65. The second-order valence-electron chi connectivity index (χ2n) is 4.94. The summed E-state index contributed by atoms with van der Waals surface area (Å²) in [7, 11) is 0. The van der Waals surface area contributed by atoms with Gasteiger partial charge in [0.25, 0.3) is 0 Å². The van der Waals surface area contributed by atoms with Crippen molar-refractivity contribution in [2.45, 2.75) is 42.1 Å². The molecule has 0 radical (unpaired) electrons. The number of thioether (sulfide) groups is 2. The molecule has 106 valence electrons. The molecule has 0 aliphatic carbocycles. The number of hydrogen-bond donors (Lipinski definition) is 1. The van der Waals surface area contributed by atoms with E-state index < -0.39 is 11.9 Å². The molecule has 1 saturated heterocycles. The van der Waals surface area contributed by atoms with Crippen LogP contribution < -0.4 is 0 Å². The van der Waals surface area contributed by atoms with Crippen LogP contribution >= 0.6 is 35.1 Å². The van der Waals surface area contributed by atoms with E-state index in [1.165, 1.54) is 6.07 Å². The van der Waals surface area contributed by atoms with Gasteiger partial charge < -0.3 is 5.11 Å². The van der Waals surface area contributed by atoms with E-state index >= 15 is 0 Å². The Kier molecular flexibility index (Phi) is 5.46. The molecule has 1 aromatic carbocycles. The normalized spacial score (nSPS) is 29.2. The van der Waals surface area contributed by atoms with Gasteiger partial charge in [0.15, 0.2) is 0 Å².